The van der Waals surface area contributed by atoms with E-state index in [0.29, 0.717) is 0 Å². The van der Waals surface area contributed by atoms with Gasteiger partial charge >= 0.3 is 0 Å². The lowest BCUT2D eigenvalue weighted by Crippen LogP contribution is -2.10. The van der Waals surface area contributed by atoms with Gasteiger partial charge in [-0.25, -0.2) is 0 Å². The van der Waals surface area contributed by atoms with E-state index in [1.165, 1.54) is 37.8 Å². The molecule has 15 heavy (non-hydrogen) atoms. The Kier molecular flexibility index (Phi) is 3.70. The molecular formula is C13H20N2. The summed E-state index contributed by atoms with van der Waals surface area (Å²) in [7, 11) is 0. The van der Waals surface area contributed by atoms with Gasteiger partial charge in [-0.1, -0.05) is 39.0 Å². The molecule has 0 unspecified atom stereocenters. The monoisotopic (exact) mass is 204 g/mol. The van der Waals surface area contributed by atoms with Crippen molar-refractivity contribution in [2.24, 2.45) is 5.92 Å². The third kappa shape index (κ3) is 3.01. The first-order valence-electron chi connectivity index (χ1n) is 6.20. The molecule has 1 fully saturated rings. The fourth-order valence-electron chi connectivity index (χ4n) is 2.37. The average molecular weight is 204 g/mol. The summed E-state index contributed by atoms with van der Waals surface area (Å²) in [5.41, 5.74) is 2.28. The van der Waals surface area contributed by atoms with E-state index in [0.717, 1.165) is 24.5 Å². The molecule has 1 aliphatic carbocycles. The van der Waals surface area contributed by atoms with Crippen LogP contribution < -0.4 is 0 Å². The van der Waals surface area contributed by atoms with Crippen LogP contribution in [0.15, 0.2) is 12.1 Å². The topological polar surface area (TPSA) is 25.8 Å². The minimum Gasteiger partial charge on any atom is -0.155 e. The Balaban J connectivity index is 1.91. The van der Waals surface area contributed by atoms with Crippen LogP contribution in [0.5, 0.6) is 0 Å². The maximum absolute atomic E-state index is 4.29. The van der Waals surface area contributed by atoms with Crippen molar-refractivity contribution in [3.05, 3.63) is 23.5 Å². The van der Waals surface area contributed by atoms with Gasteiger partial charge in [-0.05, 0) is 30.9 Å². The van der Waals surface area contributed by atoms with Gasteiger partial charge in [0.2, 0.25) is 0 Å². The second kappa shape index (κ2) is 5.24. The van der Waals surface area contributed by atoms with Gasteiger partial charge in [0.25, 0.3) is 0 Å². The van der Waals surface area contributed by atoms with E-state index in [2.05, 4.69) is 29.3 Å². The summed E-state index contributed by atoms with van der Waals surface area (Å²) in [6.45, 7) is 2.12. The van der Waals surface area contributed by atoms with Crippen LogP contribution in [0.25, 0.3) is 0 Å². The maximum Gasteiger partial charge on any atom is 0.0634 e. The minimum absolute atomic E-state index is 0.862. The van der Waals surface area contributed by atoms with E-state index in [9.17, 15) is 0 Å². The third-order valence-corrected chi connectivity index (χ3v) is 3.36. The zero-order valence-electron chi connectivity index (χ0n) is 9.58. The number of hydrogen-bond donors (Lipinski definition) is 0. The first-order valence-corrected chi connectivity index (χ1v) is 6.20. The maximum atomic E-state index is 4.29. The Bertz CT molecular complexity index is 286. The molecule has 1 saturated carbocycles. The first-order chi connectivity index (χ1) is 7.38. The van der Waals surface area contributed by atoms with Crippen molar-refractivity contribution in [1.29, 1.82) is 0 Å². The number of rotatable bonds is 3. The molecule has 0 aromatic carbocycles. The van der Waals surface area contributed by atoms with Crippen LogP contribution in [-0.4, -0.2) is 10.2 Å². The second-order valence-corrected chi connectivity index (χ2v) is 4.58. The highest BCUT2D eigenvalue weighted by Gasteiger charge is 2.14. The van der Waals surface area contributed by atoms with Gasteiger partial charge in [0, 0.05) is 0 Å². The number of nitrogens with zero attached hydrogens (tertiary/aromatic N) is 2. The number of aryl methyl sites for hydroxylation is 1. The molecule has 0 saturated heterocycles. The quantitative estimate of drug-likeness (QED) is 0.755. The number of aromatic nitrogens is 2. The van der Waals surface area contributed by atoms with Crippen LogP contribution in [0.4, 0.5) is 0 Å². The fourth-order valence-corrected chi connectivity index (χ4v) is 2.37. The Labute approximate surface area is 92.1 Å². The van der Waals surface area contributed by atoms with E-state index in [1.807, 2.05) is 0 Å². The highest BCUT2D eigenvalue weighted by Crippen LogP contribution is 2.26. The molecule has 1 heterocycles. The largest absolute Gasteiger partial charge is 0.155 e. The van der Waals surface area contributed by atoms with E-state index >= 15 is 0 Å². The molecule has 82 valence electrons. The smallest absolute Gasteiger partial charge is 0.0634 e. The third-order valence-electron chi connectivity index (χ3n) is 3.36. The molecule has 0 atom stereocenters. The SMILES string of the molecule is CCc1ccc(CC2CCCCC2)nn1. The van der Waals surface area contributed by atoms with Crippen molar-refractivity contribution in [2.45, 2.75) is 51.9 Å². The zero-order chi connectivity index (χ0) is 10.5. The molecule has 2 heteroatoms. The molecule has 0 spiro atoms. The Morgan fingerprint density at radius 2 is 1.73 bits per heavy atom. The normalized spacial score (nSPS) is 17.9. The van der Waals surface area contributed by atoms with Crippen LogP contribution in [0.1, 0.15) is 50.4 Å². The summed E-state index contributed by atoms with van der Waals surface area (Å²) >= 11 is 0. The van der Waals surface area contributed by atoms with Gasteiger partial charge in [-0.3, -0.25) is 0 Å². The summed E-state index contributed by atoms with van der Waals surface area (Å²) in [4.78, 5) is 0. The lowest BCUT2D eigenvalue weighted by molar-refractivity contribution is 0.353. The molecule has 2 rings (SSSR count). The summed E-state index contributed by atoms with van der Waals surface area (Å²) in [5.74, 6) is 0.862. The van der Waals surface area contributed by atoms with Crippen LogP contribution in [0.2, 0.25) is 0 Å². The molecular weight excluding hydrogens is 184 g/mol. The molecule has 1 aliphatic rings. The summed E-state index contributed by atoms with van der Waals surface area (Å²) in [6, 6.07) is 4.27. The molecule has 0 N–H and O–H groups in total. The summed E-state index contributed by atoms with van der Waals surface area (Å²) in [6.07, 6.45) is 9.13. The van der Waals surface area contributed by atoms with Crippen molar-refractivity contribution in [2.75, 3.05) is 0 Å². The summed E-state index contributed by atoms with van der Waals surface area (Å²) in [5, 5.41) is 8.51. The van der Waals surface area contributed by atoms with Crippen LogP contribution in [0.3, 0.4) is 0 Å². The standard InChI is InChI=1S/C13H20N2/c1-2-12-8-9-13(15-14-12)10-11-6-4-3-5-7-11/h8-9,11H,2-7,10H2,1H3. The van der Waals surface area contributed by atoms with Crippen molar-refractivity contribution < 1.29 is 0 Å². The van der Waals surface area contributed by atoms with Gasteiger partial charge in [-0.15, -0.1) is 0 Å². The fraction of sp³-hybridized carbons (Fsp3) is 0.692. The van der Waals surface area contributed by atoms with Crippen molar-refractivity contribution >= 4 is 0 Å². The molecule has 2 nitrogen and oxygen atoms in total. The van der Waals surface area contributed by atoms with Crippen molar-refractivity contribution in [3.8, 4) is 0 Å². The first kappa shape index (κ1) is 10.6. The molecule has 0 aliphatic heterocycles. The molecule has 1 aromatic rings. The Hall–Kier alpha value is -0.920. The zero-order valence-corrected chi connectivity index (χ0v) is 9.58. The number of hydrogen-bond acceptors (Lipinski definition) is 2. The van der Waals surface area contributed by atoms with Gasteiger partial charge in [0.1, 0.15) is 0 Å². The highest BCUT2D eigenvalue weighted by molar-refractivity contribution is 5.07. The second-order valence-electron chi connectivity index (χ2n) is 4.58. The highest BCUT2D eigenvalue weighted by atomic mass is 15.1. The molecule has 0 amide bonds. The predicted molar refractivity (Wildman–Crippen MR) is 61.7 cm³/mol. The van der Waals surface area contributed by atoms with Crippen molar-refractivity contribution in [3.63, 3.8) is 0 Å². The molecule has 1 aromatic heterocycles. The van der Waals surface area contributed by atoms with Crippen LogP contribution in [0, 0.1) is 5.92 Å². The lowest BCUT2D eigenvalue weighted by atomic mass is 9.86. The van der Waals surface area contributed by atoms with Gasteiger partial charge in [0.05, 0.1) is 11.4 Å². The molecule has 0 bridgehead atoms. The van der Waals surface area contributed by atoms with E-state index in [-0.39, 0.29) is 0 Å². The Morgan fingerprint density at radius 1 is 1.07 bits per heavy atom. The molecule has 0 radical (unpaired) electrons. The van der Waals surface area contributed by atoms with Crippen LogP contribution in [-0.2, 0) is 12.8 Å². The van der Waals surface area contributed by atoms with Crippen LogP contribution >= 0.6 is 0 Å². The van der Waals surface area contributed by atoms with Gasteiger partial charge < -0.3 is 0 Å². The van der Waals surface area contributed by atoms with Gasteiger partial charge in [0.15, 0.2) is 0 Å². The summed E-state index contributed by atoms with van der Waals surface area (Å²) < 4.78 is 0. The van der Waals surface area contributed by atoms with E-state index < -0.39 is 0 Å². The predicted octanol–water partition coefficient (Wildman–Crippen LogP) is 3.16. The average Bonchev–Trinajstić information content (AvgIpc) is 2.31. The minimum atomic E-state index is 0.862. The van der Waals surface area contributed by atoms with Crippen molar-refractivity contribution in [1.82, 2.24) is 10.2 Å². The van der Waals surface area contributed by atoms with E-state index in [1.54, 1.807) is 0 Å². The lowest BCUT2D eigenvalue weighted by Gasteiger charge is -2.20. The van der Waals surface area contributed by atoms with E-state index in [4.69, 9.17) is 0 Å². The Morgan fingerprint density at radius 3 is 2.33 bits per heavy atom. The van der Waals surface area contributed by atoms with Gasteiger partial charge in [-0.2, -0.15) is 10.2 Å².